The molecule has 0 heterocycles. The van der Waals surface area contributed by atoms with E-state index in [0.29, 0.717) is 12.2 Å². The molecule has 1 N–H and O–H groups in total. The molecule has 0 aliphatic rings. The predicted octanol–water partition coefficient (Wildman–Crippen LogP) is 3.90. The fourth-order valence-electron chi connectivity index (χ4n) is 1.94. The van der Waals surface area contributed by atoms with E-state index in [0.717, 1.165) is 17.9 Å². The van der Waals surface area contributed by atoms with Crippen LogP contribution in [0.15, 0.2) is 48.5 Å². The van der Waals surface area contributed by atoms with Crippen LogP contribution < -0.4 is 10.1 Å². The summed E-state index contributed by atoms with van der Waals surface area (Å²) >= 11 is 0. The van der Waals surface area contributed by atoms with E-state index in [-0.39, 0.29) is 5.91 Å². The Morgan fingerprint density at radius 1 is 1.10 bits per heavy atom. The van der Waals surface area contributed by atoms with E-state index in [1.807, 2.05) is 31.2 Å². The maximum Gasteiger partial charge on any atom is 0.255 e. The van der Waals surface area contributed by atoms with Gasteiger partial charge in [-0.2, -0.15) is 0 Å². The van der Waals surface area contributed by atoms with E-state index in [4.69, 9.17) is 4.74 Å². The van der Waals surface area contributed by atoms with Crippen LogP contribution in [-0.4, -0.2) is 12.5 Å². The summed E-state index contributed by atoms with van der Waals surface area (Å²) < 4.78 is 5.36. The third kappa shape index (κ3) is 3.60. The van der Waals surface area contributed by atoms with Crippen molar-refractivity contribution in [2.75, 3.05) is 11.9 Å². The molecule has 0 aromatic heterocycles. The van der Waals surface area contributed by atoms with Gasteiger partial charge >= 0.3 is 0 Å². The van der Waals surface area contributed by atoms with Gasteiger partial charge in [0.15, 0.2) is 0 Å². The van der Waals surface area contributed by atoms with Crippen molar-refractivity contribution in [3.05, 3.63) is 59.7 Å². The van der Waals surface area contributed by atoms with Gasteiger partial charge in [0, 0.05) is 11.3 Å². The monoisotopic (exact) mass is 269 g/mol. The number of benzene rings is 2. The van der Waals surface area contributed by atoms with E-state index in [1.165, 1.54) is 5.56 Å². The first-order valence-electron chi connectivity index (χ1n) is 6.86. The molecule has 0 bridgehead atoms. The third-order valence-electron chi connectivity index (χ3n) is 3.02. The summed E-state index contributed by atoms with van der Waals surface area (Å²) in [6, 6.07) is 15.0. The van der Waals surface area contributed by atoms with Gasteiger partial charge in [-0.25, -0.2) is 0 Å². The van der Waals surface area contributed by atoms with Crippen molar-refractivity contribution in [3.8, 4) is 5.75 Å². The van der Waals surface area contributed by atoms with Gasteiger partial charge in [-0.15, -0.1) is 0 Å². The van der Waals surface area contributed by atoms with Gasteiger partial charge in [0.2, 0.25) is 0 Å². The molecule has 0 unspecified atom stereocenters. The van der Waals surface area contributed by atoms with E-state index >= 15 is 0 Å². The molecule has 104 valence electrons. The number of aryl methyl sites for hydroxylation is 1. The number of carbonyl (C=O) groups excluding carboxylic acids is 1. The third-order valence-corrected chi connectivity index (χ3v) is 3.02. The molecule has 0 radical (unpaired) electrons. The lowest BCUT2D eigenvalue weighted by molar-refractivity contribution is 0.102. The molecule has 2 aromatic rings. The largest absolute Gasteiger partial charge is 0.494 e. The molecule has 20 heavy (non-hydrogen) atoms. The van der Waals surface area contributed by atoms with Crippen molar-refractivity contribution >= 4 is 11.6 Å². The molecular weight excluding hydrogens is 250 g/mol. The molecule has 2 aromatic carbocycles. The molecule has 0 atom stereocenters. The van der Waals surface area contributed by atoms with Crippen molar-refractivity contribution in [2.45, 2.75) is 20.3 Å². The number of hydrogen-bond acceptors (Lipinski definition) is 2. The van der Waals surface area contributed by atoms with Crippen LogP contribution in [0.3, 0.4) is 0 Å². The second-order valence-corrected chi connectivity index (χ2v) is 4.47. The van der Waals surface area contributed by atoms with Crippen LogP contribution in [0.1, 0.15) is 29.8 Å². The minimum absolute atomic E-state index is 0.110. The Morgan fingerprint density at radius 2 is 1.85 bits per heavy atom. The summed E-state index contributed by atoms with van der Waals surface area (Å²) in [5.74, 6) is 0.665. The first kappa shape index (κ1) is 14.1. The van der Waals surface area contributed by atoms with Gasteiger partial charge < -0.3 is 10.1 Å². The summed E-state index contributed by atoms with van der Waals surface area (Å²) in [5.41, 5.74) is 2.65. The van der Waals surface area contributed by atoms with Crippen molar-refractivity contribution in [2.24, 2.45) is 0 Å². The van der Waals surface area contributed by atoms with E-state index in [9.17, 15) is 4.79 Å². The summed E-state index contributed by atoms with van der Waals surface area (Å²) in [5, 5.41) is 2.90. The molecule has 0 saturated carbocycles. The molecular formula is C17H19NO2. The number of hydrogen-bond donors (Lipinski definition) is 1. The molecule has 1 amide bonds. The Kier molecular flexibility index (Phi) is 4.77. The average Bonchev–Trinajstić information content (AvgIpc) is 2.48. The van der Waals surface area contributed by atoms with Crippen LogP contribution in [0.4, 0.5) is 5.69 Å². The SMILES string of the molecule is CCOc1ccc(C(=O)Nc2cccc(CC)c2)cc1. The Balaban J connectivity index is 2.07. The van der Waals surface area contributed by atoms with Crippen LogP contribution in [0.25, 0.3) is 0 Å². The zero-order valence-electron chi connectivity index (χ0n) is 11.8. The van der Waals surface area contributed by atoms with E-state index < -0.39 is 0 Å². The van der Waals surface area contributed by atoms with Crippen molar-refractivity contribution in [1.29, 1.82) is 0 Å². The zero-order chi connectivity index (χ0) is 14.4. The second-order valence-electron chi connectivity index (χ2n) is 4.47. The first-order valence-corrected chi connectivity index (χ1v) is 6.86. The number of nitrogens with one attached hydrogen (secondary N) is 1. The van der Waals surface area contributed by atoms with E-state index in [2.05, 4.69) is 12.2 Å². The molecule has 3 heteroatoms. The van der Waals surface area contributed by atoms with Gasteiger partial charge in [0.05, 0.1) is 6.61 Å². The van der Waals surface area contributed by atoms with Gasteiger partial charge in [-0.1, -0.05) is 19.1 Å². The lowest BCUT2D eigenvalue weighted by Crippen LogP contribution is -2.11. The van der Waals surface area contributed by atoms with Gasteiger partial charge in [0.1, 0.15) is 5.75 Å². The standard InChI is InChI=1S/C17H19NO2/c1-3-13-6-5-7-15(12-13)18-17(19)14-8-10-16(11-9-14)20-4-2/h5-12H,3-4H2,1-2H3,(H,18,19). The van der Waals surface area contributed by atoms with Gasteiger partial charge in [-0.3, -0.25) is 4.79 Å². The van der Waals surface area contributed by atoms with Crippen molar-refractivity contribution in [1.82, 2.24) is 0 Å². The maximum absolute atomic E-state index is 12.1. The maximum atomic E-state index is 12.1. The highest BCUT2D eigenvalue weighted by atomic mass is 16.5. The number of anilines is 1. The quantitative estimate of drug-likeness (QED) is 0.894. The minimum Gasteiger partial charge on any atom is -0.494 e. The second kappa shape index (κ2) is 6.75. The highest BCUT2D eigenvalue weighted by molar-refractivity contribution is 6.04. The number of ether oxygens (including phenoxy) is 1. The minimum atomic E-state index is -0.110. The number of rotatable bonds is 5. The Morgan fingerprint density at radius 3 is 2.50 bits per heavy atom. The molecule has 0 spiro atoms. The van der Waals surface area contributed by atoms with Crippen molar-refractivity contribution in [3.63, 3.8) is 0 Å². The average molecular weight is 269 g/mol. The Hall–Kier alpha value is -2.29. The molecule has 0 saturated heterocycles. The molecule has 2 rings (SSSR count). The highest BCUT2D eigenvalue weighted by Gasteiger charge is 2.06. The highest BCUT2D eigenvalue weighted by Crippen LogP contribution is 2.15. The molecule has 3 nitrogen and oxygen atoms in total. The number of amides is 1. The van der Waals surface area contributed by atoms with E-state index in [1.54, 1.807) is 24.3 Å². The van der Waals surface area contributed by atoms with Gasteiger partial charge in [-0.05, 0) is 55.3 Å². The fraction of sp³-hybridized carbons (Fsp3) is 0.235. The normalized spacial score (nSPS) is 10.1. The summed E-state index contributed by atoms with van der Waals surface area (Å²) in [4.78, 5) is 12.1. The van der Waals surface area contributed by atoms with Crippen LogP contribution >= 0.6 is 0 Å². The predicted molar refractivity (Wildman–Crippen MR) is 81.4 cm³/mol. The topological polar surface area (TPSA) is 38.3 Å². The lowest BCUT2D eigenvalue weighted by atomic mass is 10.1. The molecule has 0 fully saturated rings. The van der Waals surface area contributed by atoms with Crippen LogP contribution in [0.2, 0.25) is 0 Å². The Bertz CT molecular complexity index is 576. The van der Waals surface area contributed by atoms with Crippen LogP contribution in [0, 0.1) is 0 Å². The summed E-state index contributed by atoms with van der Waals surface area (Å²) in [6.45, 7) is 4.64. The van der Waals surface area contributed by atoms with Gasteiger partial charge in [0.25, 0.3) is 5.91 Å². The first-order chi connectivity index (χ1) is 9.72. The van der Waals surface area contributed by atoms with Crippen LogP contribution in [-0.2, 0) is 6.42 Å². The smallest absolute Gasteiger partial charge is 0.255 e. The lowest BCUT2D eigenvalue weighted by Gasteiger charge is -2.08. The summed E-state index contributed by atoms with van der Waals surface area (Å²) in [7, 11) is 0. The molecule has 0 aliphatic heterocycles. The fourth-order valence-corrected chi connectivity index (χ4v) is 1.94. The zero-order valence-corrected chi connectivity index (χ0v) is 11.8. The van der Waals surface area contributed by atoms with Crippen LogP contribution in [0.5, 0.6) is 5.75 Å². The molecule has 0 aliphatic carbocycles. The number of carbonyl (C=O) groups is 1. The Labute approximate surface area is 119 Å². The summed E-state index contributed by atoms with van der Waals surface area (Å²) in [6.07, 6.45) is 0.951. The van der Waals surface area contributed by atoms with Crippen molar-refractivity contribution < 1.29 is 9.53 Å².